The smallest absolute Gasteiger partial charge is 0.417 e. The standard InChI is InChI=1S/C23H23F2N7O4/c24-13-8-15-17(9-14(13)25)31(6-4-27-15)5-3-26-12-1-2-16-18(7-12)36-23(34)32(16)22-28-10-19-21(30-22)29-20(33)11-35-19/h4,8-10,12,16,18,26H,1-3,5-7,11H2,(H,28,29,30,33)/t12-,16-,18-/m1/s1. The van der Waals surface area contributed by atoms with E-state index in [2.05, 4.69) is 25.6 Å². The zero-order valence-corrected chi connectivity index (χ0v) is 19.1. The molecule has 0 radical (unpaired) electrons. The van der Waals surface area contributed by atoms with Gasteiger partial charge in [0.05, 0.1) is 30.2 Å². The second-order valence-corrected chi connectivity index (χ2v) is 9.06. The molecule has 1 aromatic heterocycles. The number of anilines is 3. The number of carbonyl (C=O) groups excluding carboxylic acids is 2. The summed E-state index contributed by atoms with van der Waals surface area (Å²) in [5, 5.41) is 6.12. The number of ether oxygens (including phenoxy) is 2. The van der Waals surface area contributed by atoms with Gasteiger partial charge in [0.1, 0.15) is 6.10 Å². The van der Waals surface area contributed by atoms with Crippen LogP contribution < -0.4 is 25.2 Å². The predicted octanol–water partition coefficient (Wildman–Crippen LogP) is 2.14. The van der Waals surface area contributed by atoms with E-state index in [-0.39, 0.29) is 42.5 Å². The lowest BCUT2D eigenvalue weighted by Crippen LogP contribution is -2.47. The molecule has 2 fully saturated rings. The van der Waals surface area contributed by atoms with Gasteiger partial charge in [0.2, 0.25) is 5.95 Å². The molecule has 1 aliphatic carbocycles. The number of nitrogens with zero attached hydrogens (tertiary/aromatic N) is 5. The first-order valence-electron chi connectivity index (χ1n) is 11.8. The number of carbonyl (C=O) groups is 2. The van der Waals surface area contributed by atoms with E-state index < -0.39 is 17.7 Å². The lowest BCUT2D eigenvalue weighted by molar-refractivity contribution is -0.118. The minimum Gasteiger partial charge on any atom is -0.478 e. The molecule has 4 heterocycles. The third kappa shape index (κ3) is 4.08. The number of nitrogens with one attached hydrogen (secondary N) is 2. The highest BCUT2D eigenvalue weighted by Gasteiger charge is 2.47. The van der Waals surface area contributed by atoms with Gasteiger partial charge in [-0.1, -0.05) is 0 Å². The molecule has 2 N–H and O–H groups in total. The average molecular weight is 499 g/mol. The molecule has 6 rings (SSSR count). The van der Waals surface area contributed by atoms with E-state index in [1.165, 1.54) is 17.2 Å². The molecule has 1 aromatic carbocycles. The number of benzene rings is 1. The summed E-state index contributed by atoms with van der Waals surface area (Å²) in [6.07, 6.45) is 4.38. The van der Waals surface area contributed by atoms with Crippen LogP contribution in [0, 0.1) is 11.6 Å². The van der Waals surface area contributed by atoms with Crippen LogP contribution in [0.1, 0.15) is 19.3 Å². The summed E-state index contributed by atoms with van der Waals surface area (Å²) in [6, 6.07) is 2.20. The summed E-state index contributed by atoms with van der Waals surface area (Å²) in [5.41, 5.74) is 0.975. The summed E-state index contributed by atoms with van der Waals surface area (Å²) >= 11 is 0. The zero-order valence-electron chi connectivity index (χ0n) is 19.1. The Morgan fingerprint density at radius 2 is 2.06 bits per heavy atom. The Labute approximate surface area is 204 Å². The quantitative estimate of drug-likeness (QED) is 0.642. The lowest BCUT2D eigenvalue weighted by atomic mass is 9.88. The van der Waals surface area contributed by atoms with Crippen molar-refractivity contribution in [2.24, 2.45) is 4.99 Å². The Bertz CT molecular complexity index is 1260. The molecule has 11 nitrogen and oxygen atoms in total. The van der Waals surface area contributed by atoms with Gasteiger partial charge in [-0.25, -0.2) is 23.5 Å². The van der Waals surface area contributed by atoms with Crippen LogP contribution in [0.2, 0.25) is 0 Å². The molecule has 3 atom stereocenters. The Kier molecular flexibility index (Phi) is 5.63. The van der Waals surface area contributed by atoms with Crippen molar-refractivity contribution in [1.29, 1.82) is 0 Å². The number of aliphatic imine (C=N–C) groups is 1. The fourth-order valence-electron chi connectivity index (χ4n) is 5.09. The van der Waals surface area contributed by atoms with Crippen LogP contribution in [-0.4, -0.2) is 72.6 Å². The number of hydrogen-bond acceptors (Lipinski definition) is 9. The average Bonchev–Trinajstić information content (AvgIpc) is 3.19. The van der Waals surface area contributed by atoms with Crippen molar-refractivity contribution in [3.8, 4) is 5.75 Å². The van der Waals surface area contributed by atoms with Crippen molar-refractivity contribution in [3.05, 3.63) is 30.0 Å². The van der Waals surface area contributed by atoms with Crippen molar-refractivity contribution in [2.75, 3.05) is 41.4 Å². The van der Waals surface area contributed by atoms with E-state index in [0.29, 0.717) is 49.6 Å². The third-order valence-corrected chi connectivity index (χ3v) is 6.82. The van der Waals surface area contributed by atoms with E-state index in [9.17, 15) is 18.4 Å². The summed E-state index contributed by atoms with van der Waals surface area (Å²) in [7, 11) is 0. The highest BCUT2D eigenvalue weighted by atomic mass is 19.2. The maximum Gasteiger partial charge on any atom is 0.417 e. The number of aromatic nitrogens is 2. The second-order valence-electron chi connectivity index (χ2n) is 9.06. The van der Waals surface area contributed by atoms with E-state index in [1.807, 2.05) is 4.90 Å². The number of halogens is 2. The van der Waals surface area contributed by atoms with Crippen molar-refractivity contribution < 1.29 is 27.8 Å². The largest absolute Gasteiger partial charge is 0.478 e. The van der Waals surface area contributed by atoms with Gasteiger partial charge >= 0.3 is 6.09 Å². The van der Waals surface area contributed by atoms with Gasteiger partial charge in [-0.3, -0.25) is 9.79 Å². The van der Waals surface area contributed by atoms with Crippen molar-refractivity contribution in [2.45, 2.75) is 37.5 Å². The fraction of sp³-hybridized carbons (Fsp3) is 0.435. The fourth-order valence-corrected chi connectivity index (χ4v) is 5.09. The Hall–Kier alpha value is -3.87. The highest BCUT2D eigenvalue weighted by Crippen LogP contribution is 2.36. The second kappa shape index (κ2) is 8.97. The van der Waals surface area contributed by atoms with Gasteiger partial charge in [-0.2, -0.15) is 4.98 Å². The first-order chi connectivity index (χ1) is 17.5. The highest BCUT2D eigenvalue weighted by molar-refractivity contribution is 5.95. The van der Waals surface area contributed by atoms with Gasteiger partial charge in [0.25, 0.3) is 5.91 Å². The monoisotopic (exact) mass is 499 g/mol. The first kappa shape index (κ1) is 22.6. The van der Waals surface area contributed by atoms with E-state index in [0.717, 1.165) is 12.5 Å². The molecule has 0 unspecified atom stereocenters. The van der Waals surface area contributed by atoms with Crippen LogP contribution in [0.5, 0.6) is 5.75 Å². The summed E-state index contributed by atoms with van der Waals surface area (Å²) in [5.74, 6) is -1.38. The third-order valence-electron chi connectivity index (χ3n) is 6.82. The number of rotatable bonds is 5. The Balaban J connectivity index is 1.07. The molecule has 2 aromatic rings. The van der Waals surface area contributed by atoms with Gasteiger partial charge < -0.3 is 25.0 Å². The van der Waals surface area contributed by atoms with Crippen molar-refractivity contribution in [1.82, 2.24) is 15.3 Å². The lowest BCUT2D eigenvalue weighted by Gasteiger charge is -2.33. The summed E-state index contributed by atoms with van der Waals surface area (Å²) in [4.78, 5) is 40.4. The van der Waals surface area contributed by atoms with Crippen LogP contribution >= 0.6 is 0 Å². The van der Waals surface area contributed by atoms with Crippen LogP contribution in [0.15, 0.2) is 23.3 Å². The Morgan fingerprint density at radius 1 is 1.19 bits per heavy atom. The Morgan fingerprint density at radius 3 is 2.94 bits per heavy atom. The molecule has 1 saturated carbocycles. The topological polar surface area (TPSA) is 121 Å². The number of amides is 2. The minimum absolute atomic E-state index is 0.103. The molecule has 4 aliphatic rings. The summed E-state index contributed by atoms with van der Waals surface area (Å²) < 4.78 is 38.2. The maximum atomic E-state index is 13.8. The van der Waals surface area contributed by atoms with Crippen LogP contribution in [0.25, 0.3) is 0 Å². The predicted molar refractivity (Wildman–Crippen MR) is 125 cm³/mol. The summed E-state index contributed by atoms with van der Waals surface area (Å²) in [6.45, 7) is 1.60. The van der Waals surface area contributed by atoms with Gasteiger partial charge in [0, 0.05) is 43.9 Å². The molecule has 188 valence electrons. The SMILES string of the molecule is O=C1COc2cnc(N3C(=O)O[C@@H]4C[C@H](NCCN5CC=Nc6cc(F)c(F)cc65)CC[C@H]43)nc2N1. The molecule has 0 bridgehead atoms. The van der Waals surface area contributed by atoms with Gasteiger partial charge in [-0.15, -0.1) is 0 Å². The number of fused-ring (bicyclic) bond motifs is 3. The van der Waals surface area contributed by atoms with E-state index in [4.69, 9.17) is 9.47 Å². The number of hydrogen-bond donors (Lipinski definition) is 2. The van der Waals surface area contributed by atoms with Crippen LogP contribution in [-0.2, 0) is 9.53 Å². The van der Waals surface area contributed by atoms with E-state index >= 15 is 0 Å². The van der Waals surface area contributed by atoms with Gasteiger partial charge in [0.15, 0.2) is 29.8 Å². The van der Waals surface area contributed by atoms with Gasteiger partial charge in [-0.05, 0) is 12.8 Å². The molecule has 3 aliphatic heterocycles. The molecule has 2 amide bonds. The van der Waals surface area contributed by atoms with Crippen molar-refractivity contribution in [3.63, 3.8) is 0 Å². The molecule has 1 saturated heterocycles. The normalized spacial score (nSPS) is 24.4. The zero-order chi connectivity index (χ0) is 24.8. The van der Waals surface area contributed by atoms with Crippen molar-refractivity contribution >= 4 is 41.4 Å². The minimum atomic E-state index is -0.915. The molecule has 0 spiro atoms. The van der Waals surface area contributed by atoms with Crippen LogP contribution in [0.3, 0.4) is 0 Å². The molecular weight excluding hydrogens is 476 g/mol. The maximum absolute atomic E-state index is 13.8. The molecular formula is C23H23F2N7O4. The first-order valence-corrected chi connectivity index (χ1v) is 11.8. The molecule has 13 heteroatoms. The van der Waals surface area contributed by atoms with Crippen LogP contribution in [0.4, 0.5) is 36.7 Å². The molecule has 36 heavy (non-hydrogen) atoms. The van der Waals surface area contributed by atoms with E-state index in [1.54, 1.807) is 6.21 Å².